The molecule has 1 atom stereocenters. The Balaban J connectivity index is 2.70. The quantitative estimate of drug-likeness (QED) is 0.769. The van der Waals surface area contributed by atoms with Gasteiger partial charge in [-0.3, -0.25) is 4.79 Å². The molecule has 2 N–H and O–H groups in total. The maximum atomic E-state index is 11.9. The number of carbonyl (C=O) groups excluding carboxylic acids is 1. The number of amides is 1. The minimum atomic E-state index is -1.000. The number of nitrogens with one attached hydrogen (secondary N) is 1. The summed E-state index contributed by atoms with van der Waals surface area (Å²) in [4.78, 5) is 23.1. The standard InChI is InChI=1S/C12H21NO3/c1-8(2)9(3)10(14)13-12(11(15)16)6-4-5-7-12/h8-9H,4-7H2,1-3H3,(H,13,14)(H,15,16). The van der Waals surface area contributed by atoms with Gasteiger partial charge < -0.3 is 10.4 Å². The zero-order valence-corrected chi connectivity index (χ0v) is 10.2. The molecule has 0 radical (unpaired) electrons. The molecule has 1 fully saturated rings. The van der Waals surface area contributed by atoms with E-state index in [0.29, 0.717) is 12.8 Å². The molecule has 0 aromatic carbocycles. The molecule has 0 bridgehead atoms. The van der Waals surface area contributed by atoms with Crippen LogP contribution in [0.1, 0.15) is 46.5 Å². The topological polar surface area (TPSA) is 66.4 Å². The van der Waals surface area contributed by atoms with Crippen molar-refractivity contribution in [3.63, 3.8) is 0 Å². The Bertz CT molecular complexity index is 280. The second-order valence-corrected chi connectivity index (χ2v) is 5.12. The summed E-state index contributed by atoms with van der Waals surface area (Å²) in [5, 5.41) is 12.0. The predicted octanol–water partition coefficient (Wildman–Crippen LogP) is 1.79. The lowest BCUT2D eigenvalue weighted by atomic mass is 9.93. The first-order valence-corrected chi connectivity index (χ1v) is 5.94. The molecule has 1 aliphatic carbocycles. The number of carboxylic acid groups (broad SMARTS) is 1. The van der Waals surface area contributed by atoms with Gasteiger partial charge in [-0.05, 0) is 18.8 Å². The van der Waals surface area contributed by atoms with E-state index in [1.54, 1.807) is 0 Å². The van der Waals surface area contributed by atoms with Gasteiger partial charge in [0.25, 0.3) is 0 Å². The zero-order chi connectivity index (χ0) is 12.3. The summed E-state index contributed by atoms with van der Waals surface area (Å²) in [6, 6.07) is 0. The molecule has 1 unspecified atom stereocenters. The van der Waals surface area contributed by atoms with E-state index in [-0.39, 0.29) is 17.7 Å². The van der Waals surface area contributed by atoms with Crippen molar-refractivity contribution in [3.8, 4) is 0 Å². The van der Waals surface area contributed by atoms with Crippen molar-refractivity contribution in [2.75, 3.05) is 0 Å². The summed E-state index contributed by atoms with van der Waals surface area (Å²) in [5.41, 5.74) is -1.000. The van der Waals surface area contributed by atoms with E-state index >= 15 is 0 Å². The van der Waals surface area contributed by atoms with Crippen molar-refractivity contribution in [2.24, 2.45) is 11.8 Å². The van der Waals surface area contributed by atoms with Crippen molar-refractivity contribution in [1.82, 2.24) is 5.32 Å². The van der Waals surface area contributed by atoms with E-state index in [1.165, 1.54) is 0 Å². The Morgan fingerprint density at radius 1 is 1.19 bits per heavy atom. The highest BCUT2D eigenvalue weighted by Gasteiger charge is 2.43. The van der Waals surface area contributed by atoms with Gasteiger partial charge in [-0.15, -0.1) is 0 Å². The first-order chi connectivity index (χ1) is 7.39. The van der Waals surface area contributed by atoms with Crippen molar-refractivity contribution >= 4 is 11.9 Å². The molecule has 1 amide bonds. The van der Waals surface area contributed by atoms with Gasteiger partial charge in [0.1, 0.15) is 5.54 Å². The largest absolute Gasteiger partial charge is 0.480 e. The van der Waals surface area contributed by atoms with Crippen LogP contribution >= 0.6 is 0 Å². The molecule has 1 rings (SSSR count). The van der Waals surface area contributed by atoms with Crippen LogP contribution in [0.4, 0.5) is 0 Å². The van der Waals surface area contributed by atoms with Crippen LogP contribution in [0.2, 0.25) is 0 Å². The van der Waals surface area contributed by atoms with E-state index in [0.717, 1.165) is 12.8 Å². The second kappa shape index (κ2) is 4.85. The summed E-state index contributed by atoms with van der Waals surface area (Å²) in [6.45, 7) is 5.77. The lowest BCUT2D eigenvalue weighted by Gasteiger charge is -2.28. The molecule has 92 valence electrons. The number of carboxylic acids is 1. The van der Waals surface area contributed by atoms with E-state index in [1.807, 2.05) is 20.8 Å². The highest BCUT2D eigenvalue weighted by molar-refractivity contribution is 5.88. The molecule has 0 aromatic rings. The average molecular weight is 227 g/mol. The smallest absolute Gasteiger partial charge is 0.329 e. The second-order valence-electron chi connectivity index (χ2n) is 5.12. The first-order valence-electron chi connectivity index (χ1n) is 5.94. The maximum Gasteiger partial charge on any atom is 0.329 e. The van der Waals surface area contributed by atoms with Crippen LogP contribution in [0.25, 0.3) is 0 Å². The summed E-state index contributed by atoms with van der Waals surface area (Å²) >= 11 is 0. The van der Waals surface area contributed by atoms with Gasteiger partial charge >= 0.3 is 5.97 Å². The average Bonchev–Trinajstić information content (AvgIpc) is 2.66. The molecule has 16 heavy (non-hydrogen) atoms. The fraction of sp³-hybridized carbons (Fsp3) is 0.833. The van der Waals surface area contributed by atoms with E-state index in [9.17, 15) is 14.7 Å². The molecule has 4 nitrogen and oxygen atoms in total. The minimum Gasteiger partial charge on any atom is -0.480 e. The lowest BCUT2D eigenvalue weighted by molar-refractivity contribution is -0.148. The summed E-state index contributed by atoms with van der Waals surface area (Å²) in [7, 11) is 0. The molecule has 4 heteroatoms. The molecule has 0 saturated heterocycles. The van der Waals surface area contributed by atoms with Crippen LogP contribution < -0.4 is 5.32 Å². The summed E-state index contributed by atoms with van der Waals surface area (Å²) < 4.78 is 0. The fourth-order valence-corrected chi connectivity index (χ4v) is 2.02. The highest BCUT2D eigenvalue weighted by Crippen LogP contribution is 2.30. The maximum absolute atomic E-state index is 11.9. The van der Waals surface area contributed by atoms with Crippen LogP contribution in [0.5, 0.6) is 0 Å². The SMILES string of the molecule is CC(C)C(C)C(=O)NC1(C(=O)O)CCCC1. The third-order valence-electron chi connectivity index (χ3n) is 3.64. The zero-order valence-electron chi connectivity index (χ0n) is 10.2. The van der Waals surface area contributed by atoms with Crippen LogP contribution in [0.3, 0.4) is 0 Å². The fourth-order valence-electron chi connectivity index (χ4n) is 2.02. The number of hydrogen-bond acceptors (Lipinski definition) is 2. The molecule has 0 spiro atoms. The molecule has 0 heterocycles. The lowest BCUT2D eigenvalue weighted by Crippen LogP contribution is -2.54. The predicted molar refractivity (Wildman–Crippen MR) is 61.0 cm³/mol. The Labute approximate surface area is 96.4 Å². The number of hydrogen-bond donors (Lipinski definition) is 2. The Morgan fingerprint density at radius 2 is 1.69 bits per heavy atom. The van der Waals surface area contributed by atoms with Gasteiger partial charge in [0.05, 0.1) is 0 Å². The normalized spacial score (nSPS) is 20.8. The molecular formula is C12H21NO3. The minimum absolute atomic E-state index is 0.140. The van der Waals surface area contributed by atoms with E-state index in [2.05, 4.69) is 5.32 Å². The van der Waals surface area contributed by atoms with Crippen molar-refractivity contribution < 1.29 is 14.7 Å². The molecule has 0 aromatic heterocycles. The Hall–Kier alpha value is -1.06. The van der Waals surface area contributed by atoms with Gasteiger partial charge in [-0.25, -0.2) is 4.79 Å². The van der Waals surface area contributed by atoms with Gasteiger partial charge in [0.15, 0.2) is 0 Å². The number of carbonyl (C=O) groups is 2. The highest BCUT2D eigenvalue weighted by atomic mass is 16.4. The summed E-state index contributed by atoms with van der Waals surface area (Å²) in [6.07, 6.45) is 2.86. The van der Waals surface area contributed by atoms with Crippen LogP contribution in [0, 0.1) is 11.8 Å². The van der Waals surface area contributed by atoms with Crippen LogP contribution in [-0.4, -0.2) is 22.5 Å². The van der Waals surface area contributed by atoms with E-state index in [4.69, 9.17) is 0 Å². The third kappa shape index (κ3) is 2.54. The van der Waals surface area contributed by atoms with E-state index < -0.39 is 11.5 Å². The van der Waals surface area contributed by atoms with Gasteiger partial charge in [-0.1, -0.05) is 33.6 Å². The molecule has 1 saturated carbocycles. The van der Waals surface area contributed by atoms with Crippen LogP contribution in [-0.2, 0) is 9.59 Å². The third-order valence-corrected chi connectivity index (χ3v) is 3.64. The van der Waals surface area contributed by atoms with Gasteiger partial charge in [-0.2, -0.15) is 0 Å². The van der Waals surface area contributed by atoms with Gasteiger partial charge in [0, 0.05) is 5.92 Å². The Morgan fingerprint density at radius 3 is 2.06 bits per heavy atom. The van der Waals surface area contributed by atoms with Crippen LogP contribution in [0.15, 0.2) is 0 Å². The van der Waals surface area contributed by atoms with Crippen molar-refractivity contribution in [1.29, 1.82) is 0 Å². The molecule has 0 aliphatic heterocycles. The van der Waals surface area contributed by atoms with Crippen molar-refractivity contribution in [2.45, 2.75) is 52.0 Å². The summed E-state index contributed by atoms with van der Waals surface area (Å²) in [5.74, 6) is -0.947. The Kier molecular flexibility index (Phi) is 3.94. The molecular weight excluding hydrogens is 206 g/mol. The number of rotatable bonds is 4. The number of aliphatic carboxylic acids is 1. The first kappa shape index (κ1) is 13.0. The monoisotopic (exact) mass is 227 g/mol. The van der Waals surface area contributed by atoms with Crippen molar-refractivity contribution in [3.05, 3.63) is 0 Å². The van der Waals surface area contributed by atoms with Gasteiger partial charge in [0.2, 0.25) is 5.91 Å². The molecule has 1 aliphatic rings.